The van der Waals surface area contributed by atoms with Crippen LogP contribution < -0.4 is 0 Å². The maximum atomic E-state index is 5.13. The van der Waals surface area contributed by atoms with Gasteiger partial charge >= 0.3 is 0 Å². The van der Waals surface area contributed by atoms with Gasteiger partial charge in [-0.05, 0) is 24.7 Å². The Hall–Kier alpha value is -0.0800. The Kier molecular flexibility index (Phi) is 4.74. The van der Waals surface area contributed by atoms with E-state index < -0.39 is 0 Å². The predicted octanol–water partition coefficient (Wildman–Crippen LogP) is 2.35. The topological polar surface area (TPSA) is 12.5 Å². The van der Waals surface area contributed by atoms with Gasteiger partial charge in [0, 0.05) is 20.2 Å². The monoisotopic (exact) mass is 185 g/mol. The van der Waals surface area contributed by atoms with Gasteiger partial charge in [-0.2, -0.15) is 0 Å². The van der Waals surface area contributed by atoms with Crippen LogP contribution >= 0.6 is 0 Å². The molecule has 2 nitrogen and oxygen atoms in total. The molecule has 0 aromatic carbocycles. The lowest BCUT2D eigenvalue weighted by Gasteiger charge is -2.34. The largest absolute Gasteiger partial charge is 0.369 e. The highest BCUT2D eigenvalue weighted by molar-refractivity contribution is 4.74. The van der Waals surface area contributed by atoms with Crippen molar-refractivity contribution in [2.24, 2.45) is 11.8 Å². The fourth-order valence-electron chi connectivity index (χ4n) is 2.17. The number of likely N-dealkylation sites (tertiary alicyclic amines) is 1. The molecular formula is C11H23NO. The standard InChI is InChI=1S/C11H23NO/c1-4-10(2)11-5-7-12(8-6-11)9-13-3/h10-11H,4-9H2,1-3H3. The summed E-state index contributed by atoms with van der Waals surface area (Å²) < 4.78 is 5.13. The third kappa shape index (κ3) is 3.28. The molecule has 1 fully saturated rings. The van der Waals surface area contributed by atoms with Gasteiger partial charge < -0.3 is 4.74 Å². The zero-order valence-electron chi connectivity index (χ0n) is 9.25. The van der Waals surface area contributed by atoms with Crippen LogP contribution in [0.1, 0.15) is 33.1 Å². The average molecular weight is 185 g/mol. The van der Waals surface area contributed by atoms with Gasteiger partial charge in [0.05, 0.1) is 6.73 Å². The molecule has 0 N–H and O–H groups in total. The predicted molar refractivity (Wildman–Crippen MR) is 55.6 cm³/mol. The first-order valence-electron chi connectivity index (χ1n) is 5.49. The number of nitrogens with zero attached hydrogens (tertiary/aromatic N) is 1. The van der Waals surface area contributed by atoms with Crippen molar-refractivity contribution < 1.29 is 4.74 Å². The van der Waals surface area contributed by atoms with Crippen LogP contribution in [0.2, 0.25) is 0 Å². The lowest BCUT2D eigenvalue weighted by Crippen LogP contribution is -2.36. The third-order valence-electron chi connectivity index (χ3n) is 3.39. The second-order valence-electron chi connectivity index (χ2n) is 4.26. The molecule has 1 unspecified atom stereocenters. The summed E-state index contributed by atoms with van der Waals surface area (Å²) in [7, 11) is 1.78. The first-order chi connectivity index (χ1) is 6.27. The van der Waals surface area contributed by atoms with Gasteiger partial charge in [-0.15, -0.1) is 0 Å². The van der Waals surface area contributed by atoms with Crippen LogP contribution in [0.15, 0.2) is 0 Å². The quantitative estimate of drug-likeness (QED) is 0.666. The molecule has 0 aromatic heterocycles. The van der Waals surface area contributed by atoms with E-state index in [2.05, 4.69) is 18.7 Å². The van der Waals surface area contributed by atoms with E-state index in [1.807, 2.05) is 0 Å². The summed E-state index contributed by atoms with van der Waals surface area (Å²) in [4.78, 5) is 2.40. The number of ether oxygens (including phenoxy) is 1. The fourth-order valence-corrected chi connectivity index (χ4v) is 2.17. The van der Waals surface area contributed by atoms with E-state index in [9.17, 15) is 0 Å². The zero-order valence-corrected chi connectivity index (χ0v) is 9.25. The smallest absolute Gasteiger partial charge is 0.0986 e. The molecule has 0 spiro atoms. The molecule has 1 saturated heterocycles. The fraction of sp³-hybridized carbons (Fsp3) is 1.00. The molecule has 1 aliphatic heterocycles. The lowest BCUT2D eigenvalue weighted by atomic mass is 9.84. The average Bonchev–Trinajstić information content (AvgIpc) is 2.18. The summed E-state index contributed by atoms with van der Waals surface area (Å²) >= 11 is 0. The van der Waals surface area contributed by atoms with E-state index in [0.717, 1.165) is 18.6 Å². The van der Waals surface area contributed by atoms with Crippen LogP contribution in [0.5, 0.6) is 0 Å². The first-order valence-corrected chi connectivity index (χ1v) is 5.49. The van der Waals surface area contributed by atoms with E-state index in [4.69, 9.17) is 4.74 Å². The Balaban J connectivity index is 2.22. The van der Waals surface area contributed by atoms with Crippen molar-refractivity contribution in [1.29, 1.82) is 0 Å². The van der Waals surface area contributed by atoms with Crippen LogP contribution in [0.4, 0.5) is 0 Å². The summed E-state index contributed by atoms with van der Waals surface area (Å²) in [5.41, 5.74) is 0. The van der Waals surface area contributed by atoms with Crippen molar-refractivity contribution in [3.63, 3.8) is 0 Å². The van der Waals surface area contributed by atoms with Gasteiger partial charge in [0.2, 0.25) is 0 Å². The maximum Gasteiger partial charge on any atom is 0.0986 e. The van der Waals surface area contributed by atoms with E-state index in [-0.39, 0.29) is 0 Å². The van der Waals surface area contributed by atoms with Gasteiger partial charge in [-0.25, -0.2) is 0 Å². The van der Waals surface area contributed by atoms with Crippen molar-refractivity contribution in [3.05, 3.63) is 0 Å². The summed E-state index contributed by atoms with van der Waals surface area (Å²) in [6, 6.07) is 0. The molecule has 0 bridgehead atoms. The van der Waals surface area contributed by atoms with Crippen LogP contribution in [-0.2, 0) is 4.74 Å². The van der Waals surface area contributed by atoms with Gasteiger partial charge in [0.1, 0.15) is 0 Å². The minimum absolute atomic E-state index is 0.813. The molecule has 1 aliphatic rings. The molecule has 13 heavy (non-hydrogen) atoms. The van der Waals surface area contributed by atoms with Crippen LogP contribution in [0.3, 0.4) is 0 Å². The minimum atomic E-state index is 0.813. The molecule has 0 saturated carbocycles. The summed E-state index contributed by atoms with van der Waals surface area (Å²) in [6.45, 7) is 7.95. The van der Waals surface area contributed by atoms with Gasteiger partial charge in [0.15, 0.2) is 0 Å². The van der Waals surface area contributed by atoms with Gasteiger partial charge in [-0.3, -0.25) is 4.90 Å². The van der Waals surface area contributed by atoms with Crippen molar-refractivity contribution in [2.45, 2.75) is 33.1 Å². The molecule has 0 aromatic rings. The Morgan fingerprint density at radius 2 is 2.00 bits per heavy atom. The SMILES string of the molecule is CCC(C)C1CCN(COC)CC1. The number of methoxy groups -OCH3 is 1. The molecular weight excluding hydrogens is 162 g/mol. The van der Waals surface area contributed by atoms with Crippen LogP contribution in [-0.4, -0.2) is 31.8 Å². The molecule has 2 heteroatoms. The summed E-state index contributed by atoms with van der Waals surface area (Å²) in [6.07, 6.45) is 4.05. The minimum Gasteiger partial charge on any atom is -0.369 e. The highest BCUT2D eigenvalue weighted by Gasteiger charge is 2.22. The molecule has 0 aliphatic carbocycles. The molecule has 1 heterocycles. The molecule has 78 valence electrons. The molecule has 1 rings (SSSR count). The molecule has 0 amide bonds. The zero-order chi connectivity index (χ0) is 9.68. The number of piperidine rings is 1. The van der Waals surface area contributed by atoms with Crippen LogP contribution in [0.25, 0.3) is 0 Å². The summed E-state index contributed by atoms with van der Waals surface area (Å²) in [5.74, 6) is 1.86. The Labute approximate surface area is 82.3 Å². The van der Waals surface area contributed by atoms with E-state index >= 15 is 0 Å². The van der Waals surface area contributed by atoms with Crippen molar-refractivity contribution >= 4 is 0 Å². The Bertz CT molecular complexity index is 130. The normalized spacial score (nSPS) is 23.3. The van der Waals surface area contributed by atoms with E-state index in [1.54, 1.807) is 7.11 Å². The van der Waals surface area contributed by atoms with Crippen molar-refractivity contribution in [2.75, 3.05) is 26.9 Å². The maximum absolute atomic E-state index is 5.13. The third-order valence-corrected chi connectivity index (χ3v) is 3.39. The van der Waals surface area contributed by atoms with Crippen molar-refractivity contribution in [3.8, 4) is 0 Å². The van der Waals surface area contributed by atoms with E-state index in [1.165, 1.54) is 32.4 Å². The number of rotatable bonds is 4. The highest BCUT2D eigenvalue weighted by Crippen LogP contribution is 2.26. The Morgan fingerprint density at radius 3 is 2.46 bits per heavy atom. The number of hydrogen-bond acceptors (Lipinski definition) is 2. The second kappa shape index (κ2) is 5.61. The summed E-state index contributed by atoms with van der Waals surface area (Å²) in [5, 5.41) is 0. The van der Waals surface area contributed by atoms with Gasteiger partial charge in [0.25, 0.3) is 0 Å². The van der Waals surface area contributed by atoms with Crippen LogP contribution in [0, 0.1) is 11.8 Å². The lowest BCUT2D eigenvalue weighted by molar-refractivity contribution is 0.0322. The van der Waals surface area contributed by atoms with E-state index in [0.29, 0.717) is 0 Å². The molecule has 1 atom stereocenters. The molecule has 0 radical (unpaired) electrons. The number of hydrogen-bond donors (Lipinski definition) is 0. The first kappa shape index (κ1) is 11.0. The van der Waals surface area contributed by atoms with Crippen molar-refractivity contribution in [1.82, 2.24) is 4.90 Å². The second-order valence-corrected chi connectivity index (χ2v) is 4.26. The Morgan fingerprint density at radius 1 is 1.38 bits per heavy atom. The highest BCUT2D eigenvalue weighted by atomic mass is 16.5. The van der Waals surface area contributed by atoms with Gasteiger partial charge in [-0.1, -0.05) is 20.3 Å².